The highest BCUT2D eigenvalue weighted by molar-refractivity contribution is 5.82. The lowest BCUT2D eigenvalue weighted by Crippen LogP contribution is -2.29. The fraction of sp³-hybridized carbons (Fsp3) is 0.269. The van der Waals surface area contributed by atoms with Gasteiger partial charge < -0.3 is 8.98 Å². The number of fused-ring (bicyclic) bond motifs is 2. The SMILES string of the molecule is CN(Cc1ccco1)Cc1cc2cc3c(cc2n(Cc2ccccc2F)c1=O)CCC3. The monoisotopic (exact) mass is 416 g/mol. The summed E-state index contributed by atoms with van der Waals surface area (Å²) >= 11 is 0. The van der Waals surface area contributed by atoms with E-state index >= 15 is 0 Å². The van der Waals surface area contributed by atoms with Crippen molar-refractivity contribution in [1.82, 2.24) is 9.47 Å². The van der Waals surface area contributed by atoms with Gasteiger partial charge in [-0.3, -0.25) is 9.69 Å². The molecule has 2 heterocycles. The van der Waals surface area contributed by atoms with Gasteiger partial charge in [0.25, 0.3) is 5.56 Å². The molecule has 0 bridgehead atoms. The molecule has 0 unspecified atom stereocenters. The summed E-state index contributed by atoms with van der Waals surface area (Å²) in [5, 5.41) is 1.04. The summed E-state index contributed by atoms with van der Waals surface area (Å²) in [6, 6.07) is 16.8. The van der Waals surface area contributed by atoms with Gasteiger partial charge in [-0.1, -0.05) is 18.2 Å². The minimum absolute atomic E-state index is 0.0694. The Balaban J connectivity index is 1.59. The van der Waals surface area contributed by atoms with Crippen LogP contribution in [-0.4, -0.2) is 16.5 Å². The lowest BCUT2D eigenvalue weighted by Gasteiger charge is -2.19. The Morgan fingerprint density at radius 3 is 2.58 bits per heavy atom. The number of pyridine rings is 1. The highest BCUT2D eigenvalue weighted by atomic mass is 19.1. The van der Waals surface area contributed by atoms with Crippen LogP contribution in [0.15, 0.2) is 70.1 Å². The van der Waals surface area contributed by atoms with E-state index in [1.54, 1.807) is 23.0 Å². The third-order valence-corrected chi connectivity index (χ3v) is 6.11. The zero-order valence-corrected chi connectivity index (χ0v) is 17.6. The summed E-state index contributed by atoms with van der Waals surface area (Å²) in [4.78, 5) is 15.6. The van der Waals surface area contributed by atoms with Crippen LogP contribution in [0.2, 0.25) is 0 Å². The van der Waals surface area contributed by atoms with E-state index in [4.69, 9.17) is 4.42 Å². The van der Waals surface area contributed by atoms with Crippen molar-refractivity contribution in [3.63, 3.8) is 0 Å². The second-order valence-electron chi connectivity index (χ2n) is 8.44. The molecule has 0 saturated carbocycles. The maximum atomic E-state index is 14.4. The zero-order valence-electron chi connectivity index (χ0n) is 17.6. The number of nitrogens with zero attached hydrogens (tertiary/aromatic N) is 2. The van der Waals surface area contributed by atoms with Crippen LogP contribution >= 0.6 is 0 Å². The lowest BCUT2D eigenvalue weighted by molar-refractivity contribution is 0.286. The quantitative estimate of drug-likeness (QED) is 0.449. The molecule has 0 spiro atoms. The van der Waals surface area contributed by atoms with E-state index in [9.17, 15) is 9.18 Å². The fourth-order valence-electron chi connectivity index (χ4n) is 4.59. The van der Waals surface area contributed by atoms with Crippen molar-refractivity contribution in [3.8, 4) is 0 Å². The van der Waals surface area contributed by atoms with Gasteiger partial charge >= 0.3 is 0 Å². The van der Waals surface area contributed by atoms with Crippen LogP contribution in [0.3, 0.4) is 0 Å². The molecule has 1 aliphatic rings. The molecule has 0 fully saturated rings. The molecule has 4 aromatic rings. The van der Waals surface area contributed by atoms with Crippen LogP contribution in [0.5, 0.6) is 0 Å². The van der Waals surface area contributed by atoms with Crippen molar-refractivity contribution in [2.75, 3.05) is 7.05 Å². The van der Waals surface area contributed by atoms with Crippen LogP contribution in [0.4, 0.5) is 4.39 Å². The Bertz CT molecular complexity index is 1290. The Labute approximate surface area is 180 Å². The molecule has 0 N–H and O–H groups in total. The molecular weight excluding hydrogens is 391 g/mol. The molecule has 4 nitrogen and oxygen atoms in total. The van der Waals surface area contributed by atoms with E-state index in [1.807, 2.05) is 31.3 Å². The van der Waals surface area contributed by atoms with Crippen LogP contribution in [0.1, 0.15) is 34.4 Å². The van der Waals surface area contributed by atoms with Gasteiger partial charge in [-0.2, -0.15) is 0 Å². The van der Waals surface area contributed by atoms with Crippen molar-refractivity contribution < 1.29 is 8.81 Å². The van der Waals surface area contributed by atoms with Gasteiger partial charge in [0.15, 0.2) is 0 Å². The number of hydrogen-bond donors (Lipinski definition) is 0. The predicted octanol–water partition coefficient (Wildman–Crippen LogP) is 4.90. The van der Waals surface area contributed by atoms with Crippen LogP contribution < -0.4 is 5.56 Å². The second kappa shape index (κ2) is 8.16. The number of aromatic nitrogens is 1. The van der Waals surface area contributed by atoms with Gasteiger partial charge in [-0.15, -0.1) is 0 Å². The Kier molecular flexibility index (Phi) is 5.20. The van der Waals surface area contributed by atoms with Crippen molar-refractivity contribution in [2.45, 2.75) is 38.9 Å². The van der Waals surface area contributed by atoms with Gasteiger partial charge in [-0.25, -0.2) is 4.39 Å². The Morgan fingerprint density at radius 2 is 1.81 bits per heavy atom. The summed E-state index contributed by atoms with van der Waals surface area (Å²) < 4.78 is 21.6. The molecule has 5 heteroatoms. The first-order chi connectivity index (χ1) is 15.1. The molecule has 0 radical (unpaired) electrons. The second-order valence-corrected chi connectivity index (χ2v) is 8.44. The zero-order chi connectivity index (χ0) is 21.4. The van der Waals surface area contributed by atoms with Crippen molar-refractivity contribution in [3.05, 3.63) is 105 Å². The van der Waals surface area contributed by atoms with Crippen LogP contribution in [0.25, 0.3) is 10.9 Å². The highest BCUT2D eigenvalue weighted by Crippen LogP contribution is 2.28. The van der Waals surface area contributed by atoms with Crippen LogP contribution in [-0.2, 0) is 32.5 Å². The van der Waals surface area contributed by atoms with Gasteiger partial charge in [0.2, 0.25) is 0 Å². The van der Waals surface area contributed by atoms with Crippen molar-refractivity contribution in [1.29, 1.82) is 0 Å². The molecule has 0 atom stereocenters. The number of halogens is 1. The first kappa shape index (κ1) is 19.8. The van der Waals surface area contributed by atoms with E-state index in [2.05, 4.69) is 17.0 Å². The van der Waals surface area contributed by atoms with E-state index in [0.717, 1.165) is 35.9 Å². The molecule has 158 valence electrons. The topological polar surface area (TPSA) is 38.4 Å². The minimum atomic E-state index is -0.288. The molecule has 2 aromatic carbocycles. The van der Waals surface area contributed by atoms with Crippen molar-refractivity contribution in [2.24, 2.45) is 0 Å². The molecule has 0 aliphatic heterocycles. The minimum Gasteiger partial charge on any atom is -0.468 e. The Hall–Kier alpha value is -3.18. The highest BCUT2D eigenvalue weighted by Gasteiger charge is 2.18. The number of furan rings is 1. The fourth-order valence-corrected chi connectivity index (χ4v) is 4.59. The maximum Gasteiger partial charge on any atom is 0.255 e. The first-order valence-electron chi connectivity index (χ1n) is 10.7. The third kappa shape index (κ3) is 3.93. The average molecular weight is 416 g/mol. The molecule has 1 aliphatic carbocycles. The van der Waals surface area contributed by atoms with E-state index in [1.165, 1.54) is 17.2 Å². The van der Waals surface area contributed by atoms with E-state index < -0.39 is 0 Å². The number of benzene rings is 2. The molecule has 31 heavy (non-hydrogen) atoms. The van der Waals surface area contributed by atoms with Gasteiger partial charge in [0.05, 0.1) is 24.9 Å². The summed E-state index contributed by atoms with van der Waals surface area (Å²) in [7, 11) is 1.97. The van der Waals surface area contributed by atoms with Crippen LogP contribution in [0, 0.1) is 5.82 Å². The predicted molar refractivity (Wildman–Crippen MR) is 120 cm³/mol. The normalized spacial score (nSPS) is 13.3. The number of rotatable bonds is 6. The van der Waals surface area contributed by atoms with Gasteiger partial charge in [0, 0.05) is 17.7 Å². The summed E-state index contributed by atoms with van der Waals surface area (Å²) in [5.74, 6) is 0.567. The summed E-state index contributed by atoms with van der Waals surface area (Å²) in [5.41, 5.74) is 4.70. The number of aryl methyl sites for hydroxylation is 2. The molecule has 0 amide bonds. The molecule has 5 rings (SSSR count). The average Bonchev–Trinajstić information content (AvgIpc) is 3.42. The van der Waals surface area contributed by atoms with Gasteiger partial charge in [-0.05, 0) is 79.2 Å². The standard InChI is InChI=1S/C26H25FN2O2/c1-28(17-23-9-5-11-31-23)15-22-13-21-12-18-7-4-8-19(18)14-25(21)29(26(22)30)16-20-6-2-3-10-24(20)27/h2-3,5-6,9-14H,4,7-8,15-17H2,1H3. The van der Waals surface area contributed by atoms with E-state index in [0.29, 0.717) is 24.2 Å². The largest absolute Gasteiger partial charge is 0.468 e. The number of hydrogen-bond acceptors (Lipinski definition) is 3. The van der Waals surface area contributed by atoms with Crippen molar-refractivity contribution >= 4 is 10.9 Å². The summed E-state index contributed by atoms with van der Waals surface area (Å²) in [6.45, 7) is 1.32. The Morgan fingerprint density at radius 1 is 1.00 bits per heavy atom. The summed E-state index contributed by atoms with van der Waals surface area (Å²) in [6.07, 6.45) is 4.90. The first-order valence-corrected chi connectivity index (χ1v) is 10.7. The molecule has 2 aromatic heterocycles. The molecular formula is C26H25FN2O2. The smallest absolute Gasteiger partial charge is 0.255 e. The van der Waals surface area contributed by atoms with Gasteiger partial charge in [0.1, 0.15) is 11.6 Å². The lowest BCUT2D eigenvalue weighted by atomic mass is 10.0. The van der Waals surface area contributed by atoms with E-state index in [-0.39, 0.29) is 17.9 Å². The third-order valence-electron chi connectivity index (χ3n) is 6.11. The molecule has 0 saturated heterocycles. The maximum absolute atomic E-state index is 14.4.